The van der Waals surface area contributed by atoms with Gasteiger partial charge in [-0.3, -0.25) is 0 Å². The second-order valence-corrected chi connectivity index (χ2v) is 6.31. The fourth-order valence-electron chi connectivity index (χ4n) is 2.84. The van der Waals surface area contributed by atoms with Gasteiger partial charge in [0.1, 0.15) is 23.2 Å². The Bertz CT molecular complexity index is 916. The van der Waals surface area contributed by atoms with Crippen LogP contribution in [0.1, 0.15) is 32.3 Å². The molecule has 1 atom stereocenters. The van der Waals surface area contributed by atoms with E-state index in [1.54, 1.807) is 26.8 Å². The molecule has 0 spiro atoms. The Hall–Kier alpha value is -3.18. The fourth-order valence-corrected chi connectivity index (χ4v) is 3.08. The van der Waals surface area contributed by atoms with Crippen molar-refractivity contribution in [2.45, 2.75) is 26.7 Å². The molecule has 0 amide bonds. The van der Waals surface area contributed by atoms with Gasteiger partial charge in [0.05, 0.1) is 29.7 Å². The highest BCUT2D eigenvalue weighted by atomic mass is 35.5. The van der Waals surface area contributed by atoms with E-state index in [-0.39, 0.29) is 53.4 Å². The zero-order valence-electron chi connectivity index (χ0n) is 16.3. The summed E-state index contributed by atoms with van der Waals surface area (Å²) < 4.78 is 20.7. The van der Waals surface area contributed by atoms with Crippen LogP contribution in [0.15, 0.2) is 41.0 Å². The van der Waals surface area contributed by atoms with Crippen LogP contribution in [0.3, 0.4) is 0 Å². The lowest BCUT2D eigenvalue weighted by atomic mass is 9.83. The third-order valence-electron chi connectivity index (χ3n) is 4.04. The van der Waals surface area contributed by atoms with Gasteiger partial charge in [-0.15, -0.1) is 0 Å². The van der Waals surface area contributed by atoms with Crippen molar-refractivity contribution in [3.63, 3.8) is 0 Å². The predicted octanol–water partition coefficient (Wildman–Crippen LogP) is 2.93. The zero-order valence-corrected chi connectivity index (χ0v) is 17.0. The van der Waals surface area contributed by atoms with E-state index >= 15 is 0 Å². The molecule has 29 heavy (non-hydrogen) atoms. The Labute approximate surface area is 173 Å². The first-order chi connectivity index (χ1) is 13.8. The van der Waals surface area contributed by atoms with Crippen LogP contribution >= 0.6 is 11.6 Å². The minimum Gasteiger partial charge on any atom is -0.480 e. The van der Waals surface area contributed by atoms with E-state index in [2.05, 4.69) is 0 Å². The molecule has 1 unspecified atom stereocenters. The number of allylic oxidation sites excluding steroid dienone is 2. The predicted molar refractivity (Wildman–Crippen MR) is 104 cm³/mol. The van der Waals surface area contributed by atoms with E-state index in [4.69, 9.17) is 36.3 Å². The number of carbonyl (C=O) groups excluding carboxylic acids is 2. The van der Waals surface area contributed by atoms with E-state index in [1.165, 1.54) is 12.1 Å². The second-order valence-electron chi connectivity index (χ2n) is 5.90. The number of ether oxygens (including phenoxy) is 4. The summed E-state index contributed by atoms with van der Waals surface area (Å²) in [5, 5.41) is 9.77. The molecule has 2 rings (SSSR count). The molecule has 1 aliphatic rings. The largest absolute Gasteiger partial charge is 0.480 e. The average Bonchev–Trinajstić information content (AvgIpc) is 2.66. The van der Waals surface area contributed by atoms with Crippen LogP contribution in [-0.4, -0.2) is 31.8 Å². The van der Waals surface area contributed by atoms with Gasteiger partial charge >= 0.3 is 11.9 Å². The minimum atomic E-state index is -0.815. The van der Waals surface area contributed by atoms with Gasteiger partial charge in [-0.1, -0.05) is 17.7 Å². The lowest BCUT2D eigenvalue weighted by Crippen LogP contribution is -2.25. The second kappa shape index (κ2) is 9.85. The lowest BCUT2D eigenvalue weighted by molar-refractivity contribution is -0.145. The monoisotopic (exact) mass is 420 g/mol. The summed E-state index contributed by atoms with van der Waals surface area (Å²) in [6, 6.07) is 6.69. The summed E-state index contributed by atoms with van der Waals surface area (Å²) in [6.07, 6.45) is 0. The van der Waals surface area contributed by atoms with Gasteiger partial charge in [0.2, 0.25) is 5.88 Å². The van der Waals surface area contributed by atoms with Crippen LogP contribution in [0.25, 0.3) is 0 Å². The number of esters is 2. The molecule has 0 aromatic heterocycles. The Balaban J connectivity index is 2.41. The highest BCUT2D eigenvalue weighted by Crippen LogP contribution is 2.41. The Morgan fingerprint density at radius 3 is 2.55 bits per heavy atom. The average molecular weight is 421 g/mol. The molecule has 0 radical (unpaired) electrons. The number of hydrogen-bond acceptors (Lipinski definition) is 8. The Kier molecular flexibility index (Phi) is 7.51. The summed E-state index contributed by atoms with van der Waals surface area (Å²) >= 11 is 6.29. The maximum Gasteiger partial charge on any atom is 0.344 e. The Morgan fingerprint density at radius 2 is 1.97 bits per heavy atom. The number of nitriles is 1. The topological polar surface area (TPSA) is 121 Å². The number of hydrogen-bond donors (Lipinski definition) is 1. The summed E-state index contributed by atoms with van der Waals surface area (Å²) in [5.41, 5.74) is 6.60. The van der Waals surface area contributed by atoms with Crippen molar-refractivity contribution in [2.24, 2.45) is 5.73 Å². The van der Waals surface area contributed by atoms with Crippen molar-refractivity contribution in [3.05, 3.63) is 51.6 Å². The molecule has 0 saturated carbocycles. The molecule has 2 N–H and O–H groups in total. The highest BCUT2D eigenvalue weighted by Gasteiger charge is 2.36. The molecule has 1 aromatic carbocycles. The third-order valence-corrected chi connectivity index (χ3v) is 4.34. The number of nitrogens with two attached hydrogens (primary N) is 1. The van der Waals surface area contributed by atoms with Crippen molar-refractivity contribution in [1.29, 1.82) is 5.26 Å². The molecule has 1 aliphatic heterocycles. The fraction of sp³-hybridized carbons (Fsp3) is 0.350. The van der Waals surface area contributed by atoms with Gasteiger partial charge in [-0.2, -0.15) is 5.26 Å². The van der Waals surface area contributed by atoms with Gasteiger partial charge in [0.15, 0.2) is 6.61 Å². The Morgan fingerprint density at radius 1 is 1.28 bits per heavy atom. The number of benzene rings is 1. The summed E-state index contributed by atoms with van der Waals surface area (Å²) in [7, 11) is 0. The number of carbonyl (C=O) groups is 2. The molecule has 8 nitrogen and oxygen atoms in total. The maximum absolute atomic E-state index is 12.5. The van der Waals surface area contributed by atoms with Crippen molar-refractivity contribution in [2.75, 3.05) is 19.8 Å². The van der Waals surface area contributed by atoms with Gasteiger partial charge in [-0.05, 0) is 38.5 Å². The van der Waals surface area contributed by atoms with Crippen LogP contribution in [0.2, 0.25) is 5.02 Å². The quantitative estimate of drug-likeness (QED) is 0.668. The number of halogens is 1. The van der Waals surface area contributed by atoms with E-state index in [9.17, 15) is 14.9 Å². The SMILES string of the molecule is CCOC(=O)COc1ccc(C2C(C#N)=C(N)OC(C)=C2C(=O)OCC)cc1Cl. The highest BCUT2D eigenvalue weighted by molar-refractivity contribution is 6.32. The molecular weight excluding hydrogens is 400 g/mol. The van der Waals surface area contributed by atoms with Crippen molar-refractivity contribution in [1.82, 2.24) is 0 Å². The normalized spacial score (nSPS) is 16.0. The minimum absolute atomic E-state index is 0.0647. The molecule has 0 fully saturated rings. The van der Waals surface area contributed by atoms with Crippen LogP contribution in [0, 0.1) is 11.3 Å². The molecule has 0 bridgehead atoms. The van der Waals surface area contributed by atoms with Crippen LogP contribution in [-0.2, 0) is 23.8 Å². The van der Waals surface area contributed by atoms with Gasteiger partial charge in [0, 0.05) is 0 Å². The summed E-state index contributed by atoms with van der Waals surface area (Å²) in [6.45, 7) is 5.04. The molecule has 1 heterocycles. The molecular formula is C20H21ClN2O6. The van der Waals surface area contributed by atoms with Crippen LogP contribution in [0.5, 0.6) is 5.75 Å². The first kappa shape index (κ1) is 22.1. The third kappa shape index (κ3) is 5.00. The van der Waals surface area contributed by atoms with E-state index in [0.29, 0.717) is 5.56 Å². The summed E-state index contributed by atoms with van der Waals surface area (Å²) in [5.74, 6) is -1.56. The zero-order chi connectivity index (χ0) is 21.6. The van der Waals surface area contributed by atoms with Gasteiger partial charge in [0.25, 0.3) is 0 Å². The molecule has 0 saturated heterocycles. The molecule has 1 aromatic rings. The van der Waals surface area contributed by atoms with E-state index in [1.807, 2.05) is 6.07 Å². The van der Waals surface area contributed by atoms with Crippen molar-refractivity contribution in [3.8, 4) is 11.8 Å². The smallest absolute Gasteiger partial charge is 0.344 e. The number of nitrogens with zero attached hydrogens (tertiary/aromatic N) is 1. The van der Waals surface area contributed by atoms with Gasteiger partial charge < -0.3 is 24.7 Å². The molecule has 9 heteroatoms. The molecule has 0 aliphatic carbocycles. The standard InChI is InChI=1S/C20H21ClN2O6/c1-4-26-16(24)10-28-15-7-6-12(8-14(15)21)18-13(9-22)19(23)29-11(3)17(18)20(25)27-5-2/h6-8,18H,4-5,10,23H2,1-3H3. The molecule has 154 valence electrons. The first-order valence-electron chi connectivity index (χ1n) is 8.87. The lowest BCUT2D eigenvalue weighted by Gasteiger charge is -2.27. The van der Waals surface area contributed by atoms with E-state index in [0.717, 1.165) is 0 Å². The maximum atomic E-state index is 12.5. The van der Waals surface area contributed by atoms with E-state index < -0.39 is 17.9 Å². The number of rotatable bonds is 7. The van der Waals surface area contributed by atoms with Crippen LogP contribution in [0.4, 0.5) is 0 Å². The summed E-state index contributed by atoms with van der Waals surface area (Å²) in [4.78, 5) is 24.0. The van der Waals surface area contributed by atoms with Crippen molar-refractivity contribution >= 4 is 23.5 Å². The first-order valence-corrected chi connectivity index (χ1v) is 9.25. The van der Waals surface area contributed by atoms with Crippen molar-refractivity contribution < 1.29 is 28.5 Å². The van der Waals surface area contributed by atoms with Crippen LogP contribution < -0.4 is 10.5 Å². The van der Waals surface area contributed by atoms with Gasteiger partial charge in [-0.25, -0.2) is 9.59 Å².